The van der Waals surface area contributed by atoms with E-state index in [-0.39, 0.29) is 0 Å². The summed E-state index contributed by atoms with van der Waals surface area (Å²) in [4.78, 5) is 0. The second-order valence-electron chi connectivity index (χ2n) is 4.72. The van der Waals surface area contributed by atoms with Crippen molar-refractivity contribution in [3.63, 3.8) is 0 Å². The van der Waals surface area contributed by atoms with E-state index >= 15 is 0 Å². The zero-order valence-electron chi connectivity index (χ0n) is 11.7. The van der Waals surface area contributed by atoms with Gasteiger partial charge in [-0.1, -0.05) is 48.5 Å². The van der Waals surface area contributed by atoms with Crippen LogP contribution in [0.3, 0.4) is 0 Å². The van der Waals surface area contributed by atoms with Gasteiger partial charge in [-0.05, 0) is 36.4 Å². The Morgan fingerprint density at radius 2 is 0.773 bits per heavy atom. The molecule has 0 radical (unpaired) electrons. The zero-order chi connectivity index (χ0) is 15.4. The van der Waals surface area contributed by atoms with E-state index in [1.807, 2.05) is 84.9 Å². The molecule has 2 nitrogen and oxygen atoms in total. The van der Waals surface area contributed by atoms with Crippen LogP contribution in [0.2, 0.25) is 0 Å². The highest BCUT2D eigenvalue weighted by Crippen LogP contribution is 2.39. The van der Waals surface area contributed by atoms with Crippen LogP contribution in [0.1, 0.15) is 0 Å². The molecule has 4 heteroatoms. The highest BCUT2D eigenvalue weighted by molar-refractivity contribution is 6.33. The van der Waals surface area contributed by atoms with E-state index in [0.717, 1.165) is 22.7 Å². The number of para-hydroxylation sites is 4. The molecule has 0 atom stereocenters. The summed E-state index contributed by atoms with van der Waals surface area (Å²) in [7, 11) is 0. The highest BCUT2D eigenvalue weighted by Gasteiger charge is 2.16. The summed E-state index contributed by atoms with van der Waals surface area (Å²) in [6.07, 6.45) is 0. The first-order chi connectivity index (χ1) is 10.8. The fourth-order valence-electron chi connectivity index (χ4n) is 2.19. The van der Waals surface area contributed by atoms with Crippen LogP contribution >= 0.6 is 23.6 Å². The SMILES string of the molecule is ClN(c1ccccc1)c1ccccc1N(Cl)c1ccccc1. The van der Waals surface area contributed by atoms with E-state index < -0.39 is 0 Å². The van der Waals surface area contributed by atoms with Crippen LogP contribution in [-0.4, -0.2) is 0 Å². The first kappa shape index (κ1) is 14.8. The molecule has 3 rings (SSSR count). The molecule has 0 amide bonds. The number of benzene rings is 3. The standard InChI is InChI=1S/C18H14Cl2N2/c19-21(15-9-3-1-4-10-15)17-13-7-8-14-18(17)22(20)16-11-5-2-6-12-16/h1-14H. The molecule has 0 aliphatic carbocycles. The summed E-state index contributed by atoms with van der Waals surface area (Å²) in [5, 5.41) is 0. The number of halogens is 2. The topological polar surface area (TPSA) is 6.48 Å². The molecular weight excluding hydrogens is 315 g/mol. The van der Waals surface area contributed by atoms with Gasteiger partial charge in [0.15, 0.2) is 0 Å². The van der Waals surface area contributed by atoms with Crippen LogP contribution in [0, 0.1) is 0 Å². The summed E-state index contributed by atoms with van der Waals surface area (Å²) < 4.78 is 3.21. The molecule has 0 fully saturated rings. The van der Waals surface area contributed by atoms with Gasteiger partial charge in [-0.3, -0.25) is 8.84 Å². The van der Waals surface area contributed by atoms with Crippen molar-refractivity contribution < 1.29 is 0 Å². The largest absolute Gasteiger partial charge is 0.252 e. The third kappa shape index (κ3) is 3.03. The molecule has 3 aromatic carbocycles. The van der Waals surface area contributed by atoms with Crippen LogP contribution in [0.4, 0.5) is 22.7 Å². The van der Waals surface area contributed by atoms with E-state index in [0.29, 0.717) is 0 Å². The van der Waals surface area contributed by atoms with Crippen molar-refractivity contribution in [3.05, 3.63) is 84.9 Å². The van der Waals surface area contributed by atoms with Crippen molar-refractivity contribution in [2.45, 2.75) is 0 Å². The van der Waals surface area contributed by atoms with Gasteiger partial charge in [-0.2, -0.15) is 0 Å². The molecule has 22 heavy (non-hydrogen) atoms. The quantitative estimate of drug-likeness (QED) is 0.520. The molecule has 0 saturated heterocycles. The average molecular weight is 329 g/mol. The van der Waals surface area contributed by atoms with Gasteiger partial charge in [-0.25, -0.2) is 0 Å². The summed E-state index contributed by atoms with van der Waals surface area (Å²) in [5.41, 5.74) is 3.40. The van der Waals surface area contributed by atoms with Crippen molar-refractivity contribution in [1.82, 2.24) is 0 Å². The molecule has 0 aromatic heterocycles. The molecule has 0 unspecified atom stereocenters. The maximum Gasteiger partial charge on any atom is 0.0831 e. The van der Waals surface area contributed by atoms with E-state index in [9.17, 15) is 0 Å². The van der Waals surface area contributed by atoms with Gasteiger partial charge in [0.2, 0.25) is 0 Å². The Bertz CT molecular complexity index is 668. The molecule has 0 aliphatic rings. The molecule has 0 N–H and O–H groups in total. The van der Waals surface area contributed by atoms with Crippen molar-refractivity contribution >= 4 is 46.3 Å². The van der Waals surface area contributed by atoms with E-state index in [1.165, 1.54) is 0 Å². The van der Waals surface area contributed by atoms with E-state index in [4.69, 9.17) is 23.6 Å². The number of rotatable bonds is 4. The average Bonchev–Trinajstić information content (AvgIpc) is 2.62. The summed E-state index contributed by atoms with van der Waals surface area (Å²) in [6, 6.07) is 27.3. The minimum absolute atomic E-state index is 0.814. The summed E-state index contributed by atoms with van der Waals surface area (Å²) in [6.45, 7) is 0. The Morgan fingerprint density at radius 3 is 1.14 bits per heavy atom. The van der Waals surface area contributed by atoms with Gasteiger partial charge < -0.3 is 0 Å². The van der Waals surface area contributed by atoms with Gasteiger partial charge in [0.1, 0.15) is 0 Å². The van der Waals surface area contributed by atoms with Crippen molar-refractivity contribution in [1.29, 1.82) is 0 Å². The molecule has 0 heterocycles. The highest BCUT2D eigenvalue weighted by atomic mass is 35.5. The predicted octanol–water partition coefficient (Wildman–Crippen LogP) is 6.27. The Labute approximate surface area is 140 Å². The monoisotopic (exact) mass is 328 g/mol. The Balaban J connectivity index is 2.00. The van der Waals surface area contributed by atoms with Crippen molar-refractivity contribution in [2.75, 3.05) is 8.84 Å². The fraction of sp³-hybridized carbons (Fsp3) is 0. The van der Waals surface area contributed by atoms with Crippen LogP contribution in [0.25, 0.3) is 0 Å². The lowest BCUT2D eigenvalue weighted by atomic mass is 10.2. The lowest BCUT2D eigenvalue weighted by Gasteiger charge is -2.24. The number of nitrogens with zero attached hydrogens (tertiary/aromatic N) is 2. The lowest BCUT2D eigenvalue weighted by Crippen LogP contribution is -2.09. The normalized spacial score (nSPS) is 10.3. The van der Waals surface area contributed by atoms with Gasteiger partial charge in [0, 0.05) is 23.6 Å². The van der Waals surface area contributed by atoms with Gasteiger partial charge in [0.25, 0.3) is 0 Å². The molecule has 3 aromatic rings. The summed E-state index contributed by atoms with van der Waals surface area (Å²) in [5.74, 6) is 0. The van der Waals surface area contributed by atoms with Crippen LogP contribution in [-0.2, 0) is 0 Å². The Morgan fingerprint density at radius 1 is 0.455 bits per heavy atom. The molecule has 0 spiro atoms. The van der Waals surface area contributed by atoms with Crippen LogP contribution in [0.5, 0.6) is 0 Å². The van der Waals surface area contributed by atoms with Gasteiger partial charge >= 0.3 is 0 Å². The van der Waals surface area contributed by atoms with Gasteiger partial charge in [-0.15, -0.1) is 0 Å². The molecule has 0 aliphatic heterocycles. The molecule has 0 saturated carbocycles. The number of anilines is 4. The predicted molar refractivity (Wildman–Crippen MR) is 95.3 cm³/mol. The van der Waals surface area contributed by atoms with Crippen molar-refractivity contribution in [3.8, 4) is 0 Å². The maximum atomic E-state index is 6.52. The second kappa shape index (κ2) is 6.73. The molecular formula is C18H14Cl2N2. The molecule has 0 bridgehead atoms. The second-order valence-corrected chi connectivity index (χ2v) is 5.40. The molecule has 110 valence electrons. The Kier molecular flexibility index (Phi) is 4.52. The first-order valence-corrected chi connectivity index (χ1v) is 7.56. The first-order valence-electron chi connectivity index (χ1n) is 6.88. The van der Waals surface area contributed by atoms with Gasteiger partial charge in [0.05, 0.1) is 22.7 Å². The van der Waals surface area contributed by atoms with E-state index in [2.05, 4.69) is 0 Å². The third-order valence-corrected chi connectivity index (χ3v) is 4.03. The van der Waals surface area contributed by atoms with E-state index in [1.54, 1.807) is 8.84 Å². The zero-order valence-corrected chi connectivity index (χ0v) is 13.2. The maximum absolute atomic E-state index is 6.52. The Hall–Kier alpha value is -2.16. The number of hydrogen-bond acceptors (Lipinski definition) is 2. The minimum Gasteiger partial charge on any atom is -0.252 e. The third-order valence-electron chi connectivity index (χ3n) is 3.27. The fourth-order valence-corrected chi connectivity index (χ4v) is 2.70. The van der Waals surface area contributed by atoms with Crippen molar-refractivity contribution in [2.24, 2.45) is 0 Å². The summed E-state index contributed by atoms with van der Waals surface area (Å²) >= 11 is 13.0. The van der Waals surface area contributed by atoms with Crippen LogP contribution in [0.15, 0.2) is 84.9 Å². The number of hydrogen-bond donors (Lipinski definition) is 0. The smallest absolute Gasteiger partial charge is 0.0831 e. The minimum atomic E-state index is 0.814. The van der Waals surface area contributed by atoms with Crippen LogP contribution < -0.4 is 8.84 Å². The lowest BCUT2D eigenvalue weighted by molar-refractivity contribution is 1.35.